The molecule has 1 fully saturated rings. The summed E-state index contributed by atoms with van der Waals surface area (Å²) in [5.41, 5.74) is 0.880. The minimum Gasteiger partial charge on any atom is -0.225 e. The van der Waals surface area contributed by atoms with Gasteiger partial charge in [0.2, 0.25) is 10.0 Å². The van der Waals surface area contributed by atoms with E-state index in [0.717, 1.165) is 18.4 Å². The normalized spacial score (nSPS) is 16.5. The fourth-order valence-corrected chi connectivity index (χ4v) is 3.77. The average Bonchev–Trinajstić information content (AvgIpc) is 3.18. The highest BCUT2D eigenvalue weighted by molar-refractivity contribution is 7.88. The molecule has 0 bridgehead atoms. The van der Waals surface area contributed by atoms with E-state index in [1.54, 1.807) is 24.6 Å². The molecule has 3 rings (SSSR count). The maximum absolute atomic E-state index is 13.8. The molecule has 1 aromatic heterocycles. The summed E-state index contributed by atoms with van der Waals surface area (Å²) in [6, 6.07) is 4.17. The quantitative estimate of drug-likeness (QED) is 0.864. The van der Waals surface area contributed by atoms with Crippen molar-refractivity contribution in [2.75, 3.05) is 0 Å². The Hall–Kier alpha value is -1.87. The van der Waals surface area contributed by atoms with Gasteiger partial charge in [0.25, 0.3) is 0 Å². The van der Waals surface area contributed by atoms with Gasteiger partial charge in [-0.05, 0) is 48.7 Å². The Balaban J connectivity index is 1.73. The van der Waals surface area contributed by atoms with Crippen LogP contribution in [0.5, 0.6) is 0 Å². The SMILES string of the molecule is Cc1ccc(CS(=O)(=O)N[C@H](C)c2nnnn2C2CC2)c(F)c1. The van der Waals surface area contributed by atoms with Gasteiger partial charge in [0, 0.05) is 5.56 Å². The molecule has 0 radical (unpaired) electrons. The minimum atomic E-state index is -3.72. The lowest BCUT2D eigenvalue weighted by molar-refractivity contribution is 0.521. The van der Waals surface area contributed by atoms with Crippen molar-refractivity contribution in [2.24, 2.45) is 0 Å². The first kappa shape index (κ1) is 16.0. The van der Waals surface area contributed by atoms with E-state index < -0.39 is 27.6 Å². The minimum absolute atomic E-state index is 0.136. The Bertz CT molecular complexity index is 816. The van der Waals surface area contributed by atoms with Crippen molar-refractivity contribution in [1.29, 1.82) is 0 Å². The molecule has 2 aromatic rings. The number of hydrogen-bond donors (Lipinski definition) is 1. The van der Waals surface area contributed by atoms with Crippen LogP contribution in [0.1, 0.15) is 48.8 Å². The molecule has 1 atom stereocenters. The number of sulfonamides is 1. The van der Waals surface area contributed by atoms with Crippen LogP contribution in [0, 0.1) is 12.7 Å². The monoisotopic (exact) mass is 339 g/mol. The lowest BCUT2D eigenvalue weighted by atomic mass is 10.2. The molecule has 0 aliphatic heterocycles. The Kier molecular flexibility index (Phi) is 4.15. The van der Waals surface area contributed by atoms with Crippen molar-refractivity contribution in [3.8, 4) is 0 Å². The summed E-state index contributed by atoms with van der Waals surface area (Å²) in [7, 11) is -3.72. The number of aromatic nitrogens is 4. The van der Waals surface area contributed by atoms with Crippen LogP contribution in [-0.4, -0.2) is 28.6 Å². The molecule has 0 amide bonds. The molecule has 0 unspecified atom stereocenters. The Labute approximate surface area is 133 Å². The second kappa shape index (κ2) is 5.97. The van der Waals surface area contributed by atoms with Crippen molar-refractivity contribution in [1.82, 2.24) is 24.9 Å². The molecule has 7 nitrogen and oxygen atoms in total. The maximum Gasteiger partial charge on any atom is 0.216 e. The fraction of sp³-hybridized carbons (Fsp3) is 0.500. The average molecular weight is 339 g/mol. The van der Waals surface area contributed by atoms with E-state index in [2.05, 4.69) is 20.2 Å². The first-order valence-corrected chi connectivity index (χ1v) is 9.04. The number of nitrogens with one attached hydrogen (secondary N) is 1. The molecule has 1 aromatic carbocycles. The zero-order chi connectivity index (χ0) is 16.6. The predicted molar refractivity (Wildman–Crippen MR) is 81.4 cm³/mol. The largest absolute Gasteiger partial charge is 0.225 e. The van der Waals surface area contributed by atoms with Gasteiger partial charge in [0.1, 0.15) is 5.82 Å². The van der Waals surface area contributed by atoms with E-state index in [1.165, 1.54) is 12.1 Å². The third-order valence-electron chi connectivity index (χ3n) is 3.71. The Morgan fingerprint density at radius 1 is 1.43 bits per heavy atom. The van der Waals surface area contributed by atoms with Gasteiger partial charge in [-0.3, -0.25) is 0 Å². The van der Waals surface area contributed by atoms with E-state index in [9.17, 15) is 12.8 Å². The van der Waals surface area contributed by atoms with E-state index in [4.69, 9.17) is 0 Å². The lowest BCUT2D eigenvalue weighted by Crippen LogP contribution is -2.30. The number of tetrazole rings is 1. The highest BCUT2D eigenvalue weighted by atomic mass is 32.2. The molecule has 124 valence electrons. The van der Waals surface area contributed by atoms with Crippen LogP contribution in [-0.2, 0) is 15.8 Å². The van der Waals surface area contributed by atoms with Crippen molar-refractivity contribution >= 4 is 10.0 Å². The third-order valence-corrected chi connectivity index (χ3v) is 5.11. The smallest absolute Gasteiger partial charge is 0.216 e. The first-order valence-electron chi connectivity index (χ1n) is 7.38. The highest BCUT2D eigenvalue weighted by Gasteiger charge is 2.30. The topological polar surface area (TPSA) is 89.8 Å². The summed E-state index contributed by atoms with van der Waals surface area (Å²) in [4.78, 5) is 0. The van der Waals surface area contributed by atoms with Gasteiger partial charge >= 0.3 is 0 Å². The molecule has 1 heterocycles. The molecule has 9 heteroatoms. The Morgan fingerprint density at radius 3 is 2.83 bits per heavy atom. The number of benzene rings is 1. The van der Waals surface area contributed by atoms with Crippen LogP contribution >= 0.6 is 0 Å². The molecule has 1 saturated carbocycles. The van der Waals surface area contributed by atoms with Gasteiger partial charge < -0.3 is 0 Å². The number of rotatable bonds is 6. The summed E-state index contributed by atoms with van der Waals surface area (Å²) in [5, 5.41) is 11.4. The number of nitrogens with zero attached hydrogens (tertiary/aromatic N) is 4. The lowest BCUT2D eigenvalue weighted by Gasteiger charge is -2.14. The molecular weight excluding hydrogens is 321 g/mol. The highest BCUT2D eigenvalue weighted by Crippen LogP contribution is 2.35. The van der Waals surface area contributed by atoms with E-state index in [1.807, 2.05) is 0 Å². The molecule has 0 saturated heterocycles. The second-order valence-corrected chi connectivity index (χ2v) is 7.66. The molecular formula is C14H18FN5O2S. The van der Waals surface area contributed by atoms with Crippen molar-refractivity contribution in [2.45, 2.75) is 44.5 Å². The van der Waals surface area contributed by atoms with Crippen LogP contribution in [0.15, 0.2) is 18.2 Å². The van der Waals surface area contributed by atoms with Crippen LogP contribution in [0.2, 0.25) is 0 Å². The van der Waals surface area contributed by atoms with Gasteiger partial charge in [-0.25, -0.2) is 22.2 Å². The summed E-state index contributed by atoms with van der Waals surface area (Å²) >= 11 is 0. The van der Waals surface area contributed by atoms with E-state index >= 15 is 0 Å². The summed E-state index contributed by atoms with van der Waals surface area (Å²) in [5.74, 6) is -0.472. The summed E-state index contributed by atoms with van der Waals surface area (Å²) in [6.45, 7) is 3.42. The molecule has 0 spiro atoms. The zero-order valence-corrected chi connectivity index (χ0v) is 13.7. The van der Waals surface area contributed by atoms with Crippen LogP contribution in [0.25, 0.3) is 0 Å². The molecule has 23 heavy (non-hydrogen) atoms. The second-order valence-electron chi connectivity index (χ2n) is 5.91. The predicted octanol–water partition coefficient (Wildman–Crippen LogP) is 1.64. The molecule has 1 N–H and O–H groups in total. The maximum atomic E-state index is 13.8. The fourth-order valence-electron chi connectivity index (χ4n) is 2.40. The van der Waals surface area contributed by atoms with Gasteiger partial charge in [-0.1, -0.05) is 12.1 Å². The van der Waals surface area contributed by atoms with Crippen LogP contribution < -0.4 is 4.72 Å². The van der Waals surface area contributed by atoms with E-state index in [-0.39, 0.29) is 11.6 Å². The van der Waals surface area contributed by atoms with Gasteiger partial charge in [-0.2, -0.15) is 0 Å². The number of aryl methyl sites for hydroxylation is 1. The third kappa shape index (κ3) is 3.73. The molecule has 1 aliphatic rings. The van der Waals surface area contributed by atoms with Crippen molar-refractivity contribution in [3.05, 3.63) is 41.0 Å². The number of halogens is 1. The van der Waals surface area contributed by atoms with Gasteiger partial charge in [0.05, 0.1) is 17.8 Å². The van der Waals surface area contributed by atoms with Gasteiger partial charge in [0.15, 0.2) is 5.82 Å². The Morgan fingerprint density at radius 2 is 2.17 bits per heavy atom. The van der Waals surface area contributed by atoms with E-state index in [0.29, 0.717) is 5.82 Å². The zero-order valence-electron chi connectivity index (χ0n) is 12.9. The van der Waals surface area contributed by atoms with Gasteiger partial charge in [-0.15, -0.1) is 5.10 Å². The molecule has 1 aliphatic carbocycles. The standard InChI is InChI=1S/C14H18FN5O2S/c1-9-3-4-11(13(15)7-9)8-23(21,22)17-10(2)14-16-18-19-20(14)12-5-6-12/h3-4,7,10,12,17H,5-6,8H2,1-2H3/t10-/m1/s1. The summed E-state index contributed by atoms with van der Waals surface area (Å²) < 4.78 is 42.6. The summed E-state index contributed by atoms with van der Waals surface area (Å²) in [6.07, 6.45) is 1.98. The van der Waals surface area contributed by atoms with Crippen molar-refractivity contribution < 1.29 is 12.8 Å². The van der Waals surface area contributed by atoms with Crippen LogP contribution in [0.4, 0.5) is 4.39 Å². The first-order chi connectivity index (χ1) is 10.9. The van der Waals surface area contributed by atoms with Crippen molar-refractivity contribution in [3.63, 3.8) is 0 Å². The van der Waals surface area contributed by atoms with Crippen LogP contribution in [0.3, 0.4) is 0 Å². The number of hydrogen-bond acceptors (Lipinski definition) is 5.